The SMILES string of the molecule is O=C1c2ccccc2-c2onc3c(N4CCCCCC4)cc(NCCN4CCCCC4)c1c23. The quantitative estimate of drug-likeness (QED) is 0.450. The average molecular weight is 445 g/mol. The lowest BCUT2D eigenvalue weighted by molar-refractivity contribution is 0.104. The second kappa shape index (κ2) is 8.82. The van der Waals surface area contributed by atoms with Gasteiger partial charge in [-0.15, -0.1) is 0 Å². The number of nitrogens with zero attached hydrogens (tertiary/aromatic N) is 3. The summed E-state index contributed by atoms with van der Waals surface area (Å²) in [5.41, 5.74) is 5.11. The van der Waals surface area contributed by atoms with E-state index in [1.54, 1.807) is 0 Å². The lowest BCUT2D eigenvalue weighted by atomic mass is 9.86. The van der Waals surface area contributed by atoms with Gasteiger partial charge in [0.1, 0.15) is 5.52 Å². The highest BCUT2D eigenvalue weighted by Crippen LogP contribution is 2.46. The number of carbonyl (C=O) groups is 1. The first kappa shape index (κ1) is 20.7. The number of anilines is 2. The van der Waals surface area contributed by atoms with Gasteiger partial charge in [-0.25, -0.2) is 0 Å². The second-order valence-corrected chi connectivity index (χ2v) is 9.66. The van der Waals surface area contributed by atoms with Crippen molar-refractivity contribution in [3.05, 3.63) is 41.5 Å². The average Bonchev–Trinajstić information content (AvgIpc) is 3.11. The Hall–Kier alpha value is -2.86. The summed E-state index contributed by atoms with van der Waals surface area (Å²) in [6.45, 7) is 6.22. The Morgan fingerprint density at radius 3 is 2.39 bits per heavy atom. The zero-order chi connectivity index (χ0) is 22.2. The van der Waals surface area contributed by atoms with Crippen LogP contribution in [0.4, 0.5) is 11.4 Å². The van der Waals surface area contributed by atoms with Crippen LogP contribution in [0.1, 0.15) is 60.9 Å². The Morgan fingerprint density at radius 2 is 1.61 bits per heavy atom. The third-order valence-corrected chi connectivity index (χ3v) is 7.52. The summed E-state index contributed by atoms with van der Waals surface area (Å²) in [5.74, 6) is 0.792. The van der Waals surface area contributed by atoms with E-state index in [1.807, 2.05) is 24.3 Å². The largest absolute Gasteiger partial charge is 0.383 e. The van der Waals surface area contributed by atoms with E-state index in [0.29, 0.717) is 5.56 Å². The van der Waals surface area contributed by atoms with Crippen LogP contribution in [-0.4, -0.2) is 55.1 Å². The topological polar surface area (TPSA) is 61.6 Å². The molecule has 0 atom stereocenters. The molecule has 2 saturated heterocycles. The van der Waals surface area contributed by atoms with Crippen molar-refractivity contribution in [1.29, 1.82) is 0 Å². The number of hydrogen-bond donors (Lipinski definition) is 1. The van der Waals surface area contributed by atoms with Crippen LogP contribution in [0, 0.1) is 0 Å². The molecule has 0 radical (unpaired) electrons. The minimum Gasteiger partial charge on any atom is -0.383 e. The van der Waals surface area contributed by atoms with E-state index in [0.717, 1.165) is 65.3 Å². The van der Waals surface area contributed by atoms with Crippen LogP contribution in [0.5, 0.6) is 0 Å². The van der Waals surface area contributed by atoms with Crippen LogP contribution < -0.4 is 10.2 Å². The van der Waals surface area contributed by atoms with Crippen molar-refractivity contribution in [3.63, 3.8) is 0 Å². The molecule has 3 heterocycles. The van der Waals surface area contributed by atoms with Crippen LogP contribution in [0.2, 0.25) is 0 Å². The summed E-state index contributed by atoms with van der Waals surface area (Å²) < 4.78 is 5.92. The van der Waals surface area contributed by atoms with Gasteiger partial charge in [-0.05, 0) is 44.8 Å². The van der Waals surface area contributed by atoms with E-state index in [1.165, 1.54) is 58.0 Å². The molecule has 0 spiro atoms. The zero-order valence-electron chi connectivity index (χ0n) is 19.2. The van der Waals surface area contributed by atoms with Crippen LogP contribution in [-0.2, 0) is 0 Å². The first-order valence-electron chi connectivity index (χ1n) is 12.6. The third-order valence-electron chi connectivity index (χ3n) is 7.52. The first-order valence-corrected chi connectivity index (χ1v) is 12.6. The number of benzene rings is 2. The van der Waals surface area contributed by atoms with Crippen molar-refractivity contribution in [3.8, 4) is 11.3 Å². The zero-order valence-corrected chi connectivity index (χ0v) is 19.2. The maximum absolute atomic E-state index is 13.7. The molecule has 6 rings (SSSR count). The molecule has 6 heteroatoms. The van der Waals surface area contributed by atoms with Crippen LogP contribution >= 0.6 is 0 Å². The van der Waals surface area contributed by atoms with E-state index in [9.17, 15) is 4.79 Å². The second-order valence-electron chi connectivity index (χ2n) is 9.66. The Kier molecular flexibility index (Phi) is 5.54. The smallest absolute Gasteiger partial charge is 0.196 e. The Bertz CT molecular complexity index is 1170. The fraction of sp³-hybridized carbons (Fsp3) is 0.481. The molecular weight excluding hydrogens is 412 g/mol. The van der Waals surface area contributed by atoms with Gasteiger partial charge in [-0.1, -0.05) is 48.7 Å². The van der Waals surface area contributed by atoms with E-state index >= 15 is 0 Å². The van der Waals surface area contributed by atoms with Gasteiger partial charge in [0.25, 0.3) is 0 Å². The minimum atomic E-state index is 0.0641. The fourth-order valence-electron chi connectivity index (χ4n) is 5.77. The van der Waals surface area contributed by atoms with Crippen molar-refractivity contribution in [2.45, 2.75) is 44.9 Å². The highest BCUT2D eigenvalue weighted by Gasteiger charge is 2.33. The highest BCUT2D eigenvalue weighted by atomic mass is 16.5. The van der Waals surface area contributed by atoms with E-state index in [-0.39, 0.29) is 5.78 Å². The van der Waals surface area contributed by atoms with Gasteiger partial charge in [0, 0.05) is 43.0 Å². The minimum absolute atomic E-state index is 0.0641. The number of nitrogens with one attached hydrogen (secondary N) is 1. The fourth-order valence-corrected chi connectivity index (χ4v) is 5.77. The predicted octanol–water partition coefficient (Wildman–Crippen LogP) is 5.32. The van der Waals surface area contributed by atoms with Crippen LogP contribution in [0.25, 0.3) is 22.2 Å². The number of piperidine rings is 1. The van der Waals surface area contributed by atoms with Crippen molar-refractivity contribution < 1.29 is 9.32 Å². The Morgan fingerprint density at radius 1 is 0.909 bits per heavy atom. The van der Waals surface area contributed by atoms with E-state index in [4.69, 9.17) is 4.52 Å². The molecule has 2 aliphatic heterocycles. The number of likely N-dealkylation sites (tertiary alicyclic amines) is 1. The number of rotatable bonds is 5. The Balaban J connectivity index is 1.43. The predicted molar refractivity (Wildman–Crippen MR) is 132 cm³/mol. The van der Waals surface area contributed by atoms with Gasteiger partial charge in [0.15, 0.2) is 11.5 Å². The molecule has 0 bridgehead atoms. The molecule has 3 aliphatic rings. The number of carbonyl (C=O) groups excluding carboxylic acids is 1. The maximum Gasteiger partial charge on any atom is 0.196 e. The standard InChI is InChI=1S/C27H32N4O2/c32-26-19-10-4-5-11-20(19)27-24-23(26)21(28-12-17-30-13-6-3-7-14-30)18-22(25(24)29-33-27)31-15-8-1-2-9-16-31/h4-5,10-11,18,28H,1-3,6-9,12-17H2. The van der Waals surface area contributed by atoms with Crippen molar-refractivity contribution in [2.24, 2.45) is 0 Å². The van der Waals surface area contributed by atoms with E-state index < -0.39 is 0 Å². The molecular formula is C27H32N4O2. The summed E-state index contributed by atoms with van der Waals surface area (Å²) in [7, 11) is 0. The number of fused-ring (bicyclic) bond motifs is 2. The highest BCUT2D eigenvalue weighted by molar-refractivity contribution is 6.28. The lowest BCUT2D eigenvalue weighted by Crippen LogP contribution is -2.34. The molecule has 2 fully saturated rings. The number of aromatic nitrogens is 1. The van der Waals surface area contributed by atoms with Crippen LogP contribution in [0.3, 0.4) is 0 Å². The summed E-state index contributed by atoms with van der Waals surface area (Å²) in [5, 5.41) is 9.05. The van der Waals surface area contributed by atoms with Gasteiger partial charge in [0.2, 0.25) is 0 Å². The molecule has 172 valence electrons. The normalized spacial score (nSPS) is 18.9. The summed E-state index contributed by atoms with van der Waals surface area (Å²) in [4.78, 5) is 18.7. The molecule has 1 aromatic heterocycles. The van der Waals surface area contributed by atoms with Crippen molar-refractivity contribution in [2.75, 3.05) is 49.5 Å². The Labute approximate surface area is 194 Å². The molecule has 6 nitrogen and oxygen atoms in total. The maximum atomic E-state index is 13.7. The van der Waals surface area contributed by atoms with Crippen LogP contribution in [0.15, 0.2) is 34.9 Å². The van der Waals surface area contributed by atoms with E-state index in [2.05, 4.69) is 26.3 Å². The third kappa shape index (κ3) is 3.70. The van der Waals surface area contributed by atoms with Gasteiger partial charge < -0.3 is 19.6 Å². The van der Waals surface area contributed by atoms with Gasteiger partial charge in [0.05, 0.1) is 16.6 Å². The molecule has 1 aliphatic carbocycles. The van der Waals surface area contributed by atoms with Crippen molar-refractivity contribution in [1.82, 2.24) is 10.1 Å². The molecule has 1 N–H and O–H groups in total. The first-order chi connectivity index (χ1) is 16.3. The molecule has 0 saturated carbocycles. The number of ketones is 1. The molecule has 0 amide bonds. The lowest BCUT2D eigenvalue weighted by Gasteiger charge is -2.28. The molecule has 3 aromatic rings. The molecule has 0 unspecified atom stereocenters. The van der Waals surface area contributed by atoms with Gasteiger partial charge in [-0.3, -0.25) is 4.79 Å². The molecule has 33 heavy (non-hydrogen) atoms. The summed E-state index contributed by atoms with van der Waals surface area (Å²) in [6, 6.07) is 9.91. The van der Waals surface area contributed by atoms with Gasteiger partial charge in [-0.2, -0.15) is 0 Å². The summed E-state index contributed by atoms with van der Waals surface area (Å²) in [6.07, 6.45) is 8.84. The monoisotopic (exact) mass is 444 g/mol. The van der Waals surface area contributed by atoms with Crippen molar-refractivity contribution >= 4 is 28.1 Å². The van der Waals surface area contributed by atoms with Gasteiger partial charge >= 0.3 is 0 Å². The number of hydrogen-bond acceptors (Lipinski definition) is 6. The molecule has 2 aromatic carbocycles. The summed E-state index contributed by atoms with van der Waals surface area (Å²) >= 11 is 0.